The third-order valence-corrected chi connectivity index (χ3v) is 4.43. The molecule has 0 aromatic heterocycles. The summed E-state index contributed by atoms with van der Waals surface area (Å²) in [5.41, 5.74) is 2.19. The molecule has 0 saturated heterocycles. The number of carbonyl (C=O) groups is 1. The number of nitrogens with zero attached hydrogens (tertiary/aromatic N) is 1. The van der Waals surface area contributed by atoms with E-state index in [1.54, 1.807) is 0 Å². The third kappa shape index (κ3) is 4.08. The average molecular weight is 335 g/mol. The molecule has 2 rings (SSSR count). The van der Waals surface area contributed by atoms with Crippen LogP contribution in [-0.4, -0.2) is 11.9 Å². The lowest BCUT2D eigenvalue weighted by Crippen LogP contribution is -2.38. The monoisotopic (exact) mass is 334 g/mol. The highest BCUT2D eigenvalue weighted by Crippen LogP contribution is 2.23. The van der Waals surface area contributed by atoms with Crippen molar-refractivity contribution in [2.45, 2.75) is 45.1 Å². The molecular formula is C16H19BrN2O. The Morgan fingerprint density at radius 1 is 1.40 bits per heavy atom. The van der Waals surface area contributed by atoms with Crippen LogP contribution >= 0.6 is 15.9 Å². The summed E-state index contributed by atoms with van der Waals surface area (Å²) in [6.45, 7) is 2.02. The van der Waals surface area contributed by atoms with Gasteiger partial charge in [0.1, 0.15) is 0 Å². The molecule has 0 atom stereocenters. The number of rotatable bonds is 3. The molecule has 1 N–H and O–H groups in total. The molecule has 4 heteroatoms. The van der Waals surface area contributed by atoms with Gasteiger partial charge in [-0.1, -0.05) is 22.0 Å². The maximum Gasteiger partial charge on any atom is 0.224 e. The van der Waals surface area contributed by atoms with E-state index >= 15 is 0 Å². The zero-order valence-electron chi connectivity index (χ0n) is 11.7. The van der Waals surface area contributed by atoms with Gasteiger partial charge in [0.05, 0.1) is 12.5 Å². The predicted molar refractivity (Wildman–Crippen MR) is 82.1 cm³/mol. The second-order valence-corrected chi connectivity index (χ2v) is 6.41. The Hall–Kier alpha value is -1.34. The van der Waals surface area contributed by atoms with Crippen LogP contribution in [-0.2, 0) is 11.2 Å². The van der Waals surface area contributed by atoms with Crippen molar-refractivity contribution in [3.8, 4) is 6.07 Å². The normalized spacial score (nSPS) is 22.1. The summed E-state index contributed by atoms with van der Waals surface area (Å²) in [4.78, 5) is 12.1. The van der Waals surface area contributed by atoms with E-state index < -0.39 is 0 Å². The molecule has 0 spiro atoms. The highest BCUT2D eigenvalue weighted by atomic mass is 79.9. The smallest absolute Gasteiger partial charge is 0.224 e. The number of halogens is 1. The molecule has 1 fully saturated rings. The zero-order chi connectivity index (χ0) is 14.5. The van der Waals surface area contributed by atoms with Gasteiger partial charge in [-0.3, -0.25) is 4.79 Å². The highest BCUT2D eigenvalue weighted by Gasteiger charge is 2.22. The molecule has 20 heavy (non-hydrogen) atoms. The number of aryl methyl sites for hydroxylation is 1. The summed E-state index contributed by atoms with van der Waals surface area (Å²) >= 11 is 3.44. The number of hydrogen-bond acceptors (Lipinski definition) is 2. The van der Waals surface area contributed by atoms with Gasteiger partial charge in [0.2, 0.25) is 5.91 Å². The molecule has 1 aromatic carbocycles. The van der Waals surface area contributed by atoms with Gasteiger partial charge in [0, 0.05) is 16.4 Å². The number of carbonyl (C=O) groups excluding carboxylic acids is 1. The van der Waals surface area contributed by atoms with Crippen LogP contribution in [0.25, 0.3) is 0 Å². The summed E-state index contributed by atoms with van der Waals surface area (Å²) in [6, 6.07) is 8.56. The first-order valence-electron chi connectivity index (χ1n) is 7.02. The molecule has 0 bridgehead atoms. The van der Waals surface area contributed by atoms with Crippen molar-refractivity contribution < 1.29 is 4.79 Å². The number of amides is 1. The molecule has 0 heterocycles. The van der Waals surface area contributed by atoms with E-state index in [1.807, 2.05) is 25.1 Å². The number of benzene rings is 1. The van der Waals surface area contributed by atoms with Gasteiger partial charge in [0.25, 0.3) is 0 Å². The molecule has 1 aliphatic carbocycles. The van der Waals surface area contributed by atoms with Crippen LogP contribution in [0.5, 0.6) is 0 Å². The Balaban J connectivity index is 1.87. The number of hydrogen-bond donors (Lipinski definition) is 1. The van der Waals surface area contributed by atoms with Crippen LogP contribution < -0.4 is 5.32 Å². The Morgan fingerprint density at radius 3 is 2.75 bits per heavy atom. The summed E-state index contributed by atoms with van der Waals surface area (Å²) in [7, 11) is 0. The van der Waals surface area contributed by atoms with Gasteiger partial charge >= 0.3 is 0 Å². The van der Waals surface area contributed by atoms with E-state index in [2.05, 4.69) is 27.3 Å². The first-order valence-corrected chi connectivity index (χ1v) is 7.82. The number of nitrogens with one attached hydrogen (secondary N) is 1. The van der Waals surface area contributed by atoms with Crippen molar-refractivity contribution in [1.82, 2.24) is 5.32 Å². The molecule has 0 radical (unpaired) electrons. The van der Waals surface area contributed by atoms with Crippen LogP contribution in [0.4, 0.5) is 0 Å². The Morgan fingerprint density at radius 2 is 2.10 bits per heavy atom. The molecule has 1 amide bonds. The molecule has 0 aliphatic heterocycles. The van der Waals surface area contributed by atoms with Gasteiger partial charge < -0.3 is 5.32 Å². The van der Waals surface area contributed by atoms with Gasteiger partial charge in [-0.25, -0.2) is 0 Å². The largest absolute Gasteiger partial charge is 0.353 e. The molecule has 1 aromatic rings. The van der Waals surface area contributed by atoms with Crippen LogP contribution in [0, 0.1) is 24.2 Å². The second-order valence-electron chi connectivity index (χ2n) is 5.49. The molecule has 1 aliphatic rings. The van der Waals surface area contributed by atoms with E-state index in [9.17, 15) is 4.79 Å². The van der Waals surface area contributed by atoms with Crippen LogP contribution in [0.15, 0.2) is 22.7 Å². The Labute approximate surface area is 128 Å². The fraction of sp³-hybridized carbons (Fsp3) is 0.500. The van der Waals surface area contributed by atoms with Gasteiger partial charge in [-0.05, 0) is 55.9 Å². The fourth-order valence-corrected chi connectivity index (χ4v) is 3.06. The molecule has 3 nitrogen and oxygen atoms in total. The fourth-order valence-electron chi connectivity index (χ4n) is 2.65. The van der Waals surface area contributed by atoms with E-state index in [-0.39, 0.29) is 17.9 Å². The summed E-state index contributed by atoms with van der Waals surface area (Å²) in [5, 5.41) is 12.0. The first kappa shape index (κ1) is 15.1. The van der Waals surface area contributed by atoms with E-state index in [1.165, 1.54) is 0 Å². The summed E-state index contributed by atoms with van der Waals surface area (Å²) in [5.74, 6) is 0.252. The molecule has 1 saturated carbocycles. The number of nitriles is 1. The van der Waals surface area contributed by atoms with Crippen molar-refractivity contribution in [2.24, 2.45) is 5.92 Å². The molecule has 0 unspecified atom stereocenters. The Bertz CT molecular complexity index is 528. The second kappa shape index (κ2) is 6.90. The topological polar surface area (TPSA) is 52.9 Å². The van der Waals surface area contributed by atoms with Gasteiger partial charge in [-0.2, -0.15) is 5.26 Å². The van der Waals surface area contributed by atoms with Crippen molar-refractivity contribution in [3.05, 3.63) is 33.8 Å². The lowest BCUT2D eigenvalue weighted by atomic mass is 9.87. The van der Waals surface area contributed by atoms with Crippen molar-refractivity contribution in [2.75, 3.05) is 0 Å². The van der Waals surface area contributed by atoms with Crippen LogP contribution in [0.3, 0.4) is 0 Å². The zero-order valence-corrected chi connectivity index (χ0v) is 13.2. The van der Waals surface area contributed by atoms with Crippen molar-refractivity contribution in [3.63, 3.8) is 0 Å². The van der Waals surface area contributed by atoms with E-state index in [4.69, 9.17) is 5.26 Å². The highest BCUT2D eigenvalue weighted by molar-refractivity contribution is 9.10. The Kier molecular flexibility index (Phi) is 5.19. The minimum Gasteiger partial charge on any atom is -0.353 e. The average Bonchev–Trinajstić information content (AvgIpc) is 2.43. The van der Waals surface area contributed by atoms with Gasteiger partial charge in [0.15, 0.2) is 0 Å². The maximum absolute atomic E-state index is 12.1. The molecule has 106 valence electrons. The minimum atomic E-state index is 0.0756. The maximum atomic E-state index is 12.1. The van der Waals surface area contributed by atoms with Crippen LogP contribution in [0.2, 0.25) is 0 Å². The van der Waals surface area contributed by atoms with Crippen molar-refractivity contribution >= 4 is 21.8 Å². The quantitative estimate of drug-likeness (QED) is 0.919. The summed E-state index contributed by atoms with van der Waals surface area (Å²) in [6.07, 6.45) is 4.06. The first-order chi connectivity index (χ1) is 9.58. The van der Waals surface area contributed by atoms with Gasteiger partial charge in [-0.15, -0.1) is 0 Å². The lowest BCUT2D eigenvalue weighted by Gasteiger charge is -2.25. The third-order valence-electron chi connectivity index (χ3n) is 3.94. The van der Waals surface area contributed by atoms with E-state index in [0.29, 0.717) is 6.42 Å². The van der Waals surface area contributed by atoms with Crippen LogP contribution in [0.1, 0.15) is 36.8 Å². The standard InChI is InChI=1S/C16H19BrN2O/c1-11-2-5-14(17)8-13(11)9-16(20)19-15-6-3-12(10-18)4-7-15/h2,5,8,12,15H,3-4,6-7,9H2,1H3,(H,19,20). The minimum absolute atomic E-state index is 0.0756. The summed E-state index contributed by atoms with van der Waals surface area (Å²) < 4.78 is 1.00. The SMILES string of the molecule is Cc1ccc(Br)cc1CC(=O)NC1CCC(C#N)CC1. The van der Waals surface area contributed by atoms with E-state index in [0.717, 1.165) is 41.3 Å². The molecular weight excluding hydrogens is 316 g/mol. The lowest BCUT2D eigenvalue weighted by molar-refractivity contribution is -0.121. The van der Waals surface area contributed by atoms with Crippen molar-refractivity contribution in [1.29, 1.82) is 5.26 Å². The predicted octanol–water partition coefficient (Wildman–Crippen LogP) is 3.50.